The van der Waals surface area contributed by atoms with E-state index < -0.39 is 43.6 Å². The van der Waals surface area contributed by atoms with Gasteiger partial charge in [0, 0.05) is 6.42 Å². The van der Waals surface area contributed by atoms with Crippen molar-refractivity contribution in [2.75, 3.05) is 39.6 Å². The van der Waals surface area contributed by atoms with Crippen molar-refractivity contribution in [3.63, 3.8) is 0 Å². The summed E-state index contributed by atoms with van der Waals surface area (Å²) in [6.07, 6.45) is 14.8. The molecule has 0 aromatic carbocycles. The fourth-order valence-electron chi connectivity index (χ4n) is 3.25. The van der Waals surface area contributed by atoms with Crippen LogP contribution in [-0.4, -0.2) is 116 Å². The Hall–Kier alpha value is -1.15. The molecule has 0 saturated carbocycles. The van der Waals surface area contributed by atoms with Gasteiger partial charge in [-0.05, 0) is 32.1 Å². The smallest absolute Gasteiger partial charge is 0.303 e. The molecule has 0 spiro atoms. The van der Waals surface area contributed by atoms with Crippen molar-refractivity contribution in [2.45, 2.75) is 121 Å². The maximum absolute atomic E-state index is 10.3. The summed E-state index contributed by atoms with van der Waals surface area (Å²) in [7, 11) is 0. The standard InChI is InChI=1S/C18H34O2.C6H14O6.C4H10O3/c1-2-3-4-5-6-7-8-9-10-11-12-13-14-15-16-17-18(19)20;7-1-3(9)5(11)6(12)4(10)2-8;5-1-3-7-4-2-6/h9-10H,2-8,11-17H2,1H3,(H,19,20);3-12H,1-2H2;5-6H,1-4H2/t;3-,4+,5-,6-;/m.1./s1. The van der Waals surface area contributed by atoms with Gasteiger partial charge >= 0.3 is 5.97 Å². The molecule has 11 nitrogen and oxygen atoms in total. The lowest BCUT2D eigenvalue weighted by Crippen LogP contribution is -2.46. The first-order valence-corrected chi connectivity index (χ1v) is 14.3. The Morgan fingerprint density at radius 1 is 0.641 bits per heavy atom. The molecule has 0 aliphatic heterocycles. The number of ether oxygens (including phenoxy) is 1. The van der Waals surface area contributed by atoms with Gasteiger partial charge in [0.05, 0.1) is 39.6 Å². The second kappa shape index (κ2) is 34.9. The van der Waals surface area contributed by atoms with Crippen LogP contribution in [0.4, 0.5) is 0 Å². The van der Waals surface area contributed by atoms with Crippen LogP contribution in [0, 0.1) is 0 Å². The second-order valence-corrected chi connectivity index (χ2v) is 9.27. The molecule has 0 heterocycles. The van der Waals surface area contributed by atoms with Gasteiger partial charge in [0.1, 0.15) is 24.4 Å². The fourth-order valence-corrected chi connectivity index (χ4v) is 3.25. The fraction of sp³-hybridized carbons (Fsp3) is 0.893. The SMILES string of the molecule is CCCCCCCCC=CCCCCCCCC(=O)O.OCCOCCO.OC[C@@H](O)[C@@H](O)[C@H](O)[C@@H](O)CO. The number of rotatable bonds is 24. The number of aliphatic carboxylic acids is 1. The van der Waals surface area contributed by atoms with Crippen LogP contribution in [-0.2, 0) is 9.53 Å². The molecule has 4 atom stereocenters. The third-order valence-electron chi connectivity index (χ3n) is 5.64. The molecular weight excluding hydrogens is 512 g/mol. The minimum Gasteiger partial charge on any atom is -0.481 e. The lowest BCUT2D eigenvalue weighted by Gasteiger charge is -2.24. The third-order valence-corrected chi connectivity index (χ3v) is 5.64. The molecule has 0 unspecified atom stereocenters. The molecule has 0 bridgehead atoms. The lowest BCUT2D eigenvalue weighted by atomic mass is 10.0. The van der Waals surface area contributed by atoms with Crippen molar-refractivity contribution in [1.82, 2.24) is 0 Å². The monoisotopic (exact) mass is 570 g/mol. The molecular formula is C28H58O11. The van der Waals surface area contributed by atoms with Crippen LogP contribution in [0.3, 0.4) is 0 Å². The van der Waals surface area contributed by atoms with Gasteiger partial charge in [0.2, 0.25) is 0 Å². The van der Waals surface area contributed by atoms with Crippen LogP contribution in [0.15, 0.2) is 12.2 Å². The van der Waals surface area contributed by atoms with E-state index in [1.54, 1.807) is 0 Å². The number of allylic oxidation sites excluding steroid dienone is 2. The highest BCUT2D eigenvalue weighted by molar-refractivity contribution is 5.66. The molecule has 236 valence electrons. The van der Waals surface area contributed by atoms with E-state index in [0.717, 1.165) is 12.8 Å². The molecule has 0 rings (SSSR count). The second-order valence-electron chi connectivity index (χ2n) is 9.27. The number of hydrogen-bond donors (Lipinski definition) is 9. The predicted molar refractivity (Wildman–Crippen MR) is 150 cm³/mol. The Morgan fingerprint density at radius 3 is 1.38 bits per heavy atom. The van der Waals surface area contributed by atoms with E-state index in [2.05, 4.69) is 23.8 Å². The highest BCUT2D eigenvalue weighted by atomic mass is 16.5. The van der Waals surface area contributed by atoms with Crippen LogP contribution in [0.1, 0.15) is 96.8 Å². The number of carbonyl (C=O) groups is 1. The van der Waals surface area contributed by atoms with E-state index in [0.29, 0.717) is 19.6 Å². The molecule has 0 aliphatic rings. The van der Waals surface area contributed by atoms with E-state index in [1.807, 2.05) is 0 Å². The predicted octanol–water partition coefficient (Wildman–Crippen LogP) is 1.51. The van der Waals surface area contributed by atoms with Crippen molar-refractivity contribution < 1.29 is 55.5 Å². The Morgan fingerprint density at radius 2 is 1.03 bits per heavy atom. The van der Waals surface area contributed by atoms with E-state index in [1.165, 1.54) is 70.6 Å². The van der Waals surface area contributed by atoms with Gasteiger partial charge in [0.25, 0.3) is 0 Å². The molecule has 0 saturated heterocycles. The minimum absolute atomic E-state index is 0.0278. The largest absolute Gasteiger partial charge is 0.481 e. The normalized spacial score (nSPS) is 14.1. The highest BCUT2D eigenvalue weighted by Crippen LogP contribution is 2.10. The zero-order chi connectivity index (χ0) is 30.2. The summed E-state index contributed by atoms with van der Waals surface area (Å²) in [5.41, 5.74) is 0. The summed E-state index contributed by atoms with van der Waals surface area (Å²) in [5.74, 6) is -0.664. The van der Waals surface area contributed by atoms with Crippen molar-refractivity contribution in [2.24, 2.45) is 0 Å². The van der Waals surface area contributed by atoms with Crippen LogP contribution >= 0.6 is 0 Å². The molecule has 0 aromatic rings. The number of aliphatic hydroxyl groups excluding tert-OH is 8. The van der Waals surface area contributed by atoms with Crippen molar-refractivity contribution in [3.8, 4) is 0 Å². The Kier molecular flexibility index (Phi) is 37.8. The Bertz CT molecular complexity index is 488. The summed E-state index contributed by atoms with van der Waals surface area (Å²) < 4.78 is 4.63. The highest BCUT2D eigenvalue weighted by Gasteiger charge is 2.29. The number of carboxylic acid groups (broad SMARTS) is 1. The van der Waals surface area contributed by atoms with Crippen LogP contribution < -0.4 is 0 Å². The molecule has 0 aromatic heterocycles. The maximum atomic E-state index is 10.3. The van der Waals surface area contributed by atoms with E-state index in [4.69, 9.17) is 46.0 Å². The van der Waals surface area contributed by atoms with Gasteiger partial charge in [-0.2, -0.15) is 0 Å². The molecule has 0 radical (unpaired) electrons. The summed E-state index contributed by atoms with van der Waals surface area (Å²) in [4.78, 5) is 10.3. The van der Waals surface area contributed by atoms with Gasteiger partial charge in [-0.25, -0.2) is 0 Å². The minimum atomic E-state index is -1.67. The summed E-state index contributed by atoms with van der Waals surface area (Å²) >= 11 is 0. The number of carboxylic acids is 1. The van der Waals surface area contributed by atoms with Gasteiger partial charge in [-0.1, -0.05) is 70.4 Å². The van der Waals surface area contributed by atoms with Crippen molar-refractivity contribution in [3.05, 3.63) is 12.2 Å². The van der Waals surface area contributed by atoms with Crippen LogP contribution in [0.2, 0.25) is 0 Å². The lowest BCUT2D eigenvalue weighted by molar-refractivity contribution is -0.137. The van der Waals surface area contributed by atoms with Crippen molar-refractivity contribution >= 4 is 5.97 Å². The van der Waals surface area contributed by atoms with Gasteiger partial charge < -0.3 is 50.7 Å². The molecule has 0 fully saturated rings. The van der Waals surface area contributed by atoms with Gasteiger partial charge in [-0.15, -0.1) is 0 Å². The van der Waals surface area contributed by atoms with E-state index >= 15 is 0 Å². The van der Waals surface area contributed by atoms with Crippen molar-refractivity contribution in [1.29, 1.82) is 0 Å². The topological polar surface area (TPSA) is 208 Å². The zero-order valence-corrected chi connectivity index (χ0v) is 23.9. The molecule has 0 aliphatic carbocycles. The van der Waals surface area contributed by atoms with Crippen LogP contribution in [0.25, 0.3) is 0 Å². The van der Waals surface area contributed by atoms with Gasteiger partial charge in [-0.3, -0.25) is 4.79 Å². The van der Waals surface area contributed by atoms with E-state index in [-0.39, 0.29) is 13.2 Å². The Balaban J connectivity index is -0.000000574. The Labute approximate surface area is 234 Å². The molecule has 9 N–H and O–H groups in total. The average molecular weight is 571 g/mol. The molecule has 39 heavy (non-hydrogen) atoms. The van der Waals surface area contributed by atoms with Crippen LogP contribution in [0.5, 0.6) is 0 Å². The average Bonchev–Trinajstić information content (AvgIpc) is 2.94. The molecule has 0 amide bonds. The first-order valence-electron chi connectivity index (χ1n) is 14.3. The molecule has 11 heteroatoms. The first kappa shape index (κ1) is 42.3. The summed E-state index contributed by atoms with van der Waals surface area (Å²) in [6, 6.07) is 0. The number of unbranched alkanes of at least 4 members (excludes halogenated alkanes) is 11. The van der Waals surface area contributed by atoms with Gasteiger partial charge in [0.15, 0.2) is 0 Å². The number of hydrogen-bond acceptors (Lipinski definition) is 10. The maximum Gasteiger partial charge on any atom is 0.303 e. The van der Waals surface area contributed by atoms with E-state index in [9.17, 15) is 4.79 Å². The summed E-state index contributed by atoms with van der Waals surface area (Å²) in [5, 5.41) is 76.9. The number of aliphatic hydroxyl groups is 8. The zero-order valence-electron chi connectivity index (χ0n) is 23.9. The third kappa shape index (κ3) is 34.8. The first-order chi connectivity index (χ1) is 18.7. The summed E-state index contributed by atoms with van der Waals surface area (Å²) in [6.45, 7) is 1.50. The quantitative estimate of drug-likeness (QED) is 0.0600.